The Morgan fingerprint density at radius 3 is 2.30 bits per heavy atom. The van der Waals surface area contributed by atoms with Crippen molar-refractivity contribution in [2.24, 2.45) is 14.1 Å². The summed E-state index contributed by atoms with van der Waals surface area (Å²) >= 11 is 2.29. The van der Waals surface area contributed by atoms with Crippen LogP contribution in [0.1, 0.15) is 5.56 Å². The molecule has 0 N–H and O–H groups in total. The second-order valence-electron chi connectivity index (χ2n) is 6.61. The molecule has 27 heavy (non-hydrogen) atoms. The molecule has 4 aromatic rings. The van der Waals surface area contributed by atoms with E-state index < -0.39 is 0 Å². The van der Waals surface area contributed by atoms with Crippen LogP contribution >= 0.6 is 22.6 Å². The predicted molar refractivity (Wildman–Crippen MR) is 117 cm³/mol. The standard InChI is InChI=1S/C21H18IN3O2/c1-13-11-15(22)9-10-16(13)25-12-17-18(19(25)14-7-5-4-6-8-14)20(26)24(3)21(27)23(17)2/h4-12H,1-3H3. The second kappa shape index (κ2) is 6.53. The lowest BCUT2D eigenvalue weighted by atomic mass is 10.1. The summed E-state index contributed by atoms with van der Waals surface area (Å²) in [6.45, 7) is 2.05. The summed E-state index contributed by atoms with van der Waals surface area (Å²) in [6, 6.07) is 16.0. The van der Waals surface area contributed by atoms with E-state index >= 15 is 0 Å². The number of nitrogens with zero attached hydrogens (tertiary/aromatic N) is 3. The molecule has 4 rings (SSSR count). The highest BCUT2D eigenvalue weighted by atomic mass is 127. The number of hydrogen-bond acceptors (Lipinski definition) is 2. The molecule has 5 nitrogen and oxygen atoms in total. The van der Waals surface area contributed by atoms with Gasteiger partial charge in [-0.15, -0.1) is 0 Å². The van der Waals surface area contributed by atoms with Crippen LogP contribution in [0.3, 0.4) is 0 Å². The summed E-state index contributed by atoms with van der Waals surface area (Å²) in [5.74, 6) is 0. The van der Waals surface area contributed by atoms with Crippen molar-refractivity contribution in [3.63, 3.8) is 0 Å². The summed E-state index contributed by atoms with van der Waals surface area (Å²) in [5.41, 5.74) is 3.82. The van der Waals surface area contributed by atoms with Crippen molar-refractivity contribution in [2.75, 3.05) is 0 Å². The Balaban J connectivity index is 2.23. The zero-order valence-corrected chi connectivity index (χ0v) is 17.4. The third-order valence-corrected chi connectivity index (χ3v) is 5.58. The Morgan fingerprint density at radius 1 is 0.926 bits per heavy atom. The summed E-state index contributed by atoms with van der Waals surface area (Å²) in [6.07, 6.45) is 1.88. The van der Waals surface area contributed by atoms with Crippen molar-refractivity contribution in [1.82, 2.24) is 13.7 Å². The van der Waals surface area contributed by atoms with Crippen LogP contribution in [-0.2, 0) is 14.1 Å². The van der Waals surface area contributed by atoms with Gasteiger partial charge in [-0.1, -0.05) is 30.3 Å². The van der Waals surface area contributed by atoms with Gasteiger partial charge in [0.15, 0.2) is 0 Å². The van der Waals surface area contributed by atoms with Crippen molar-refractivity contribution >= 4 is 33.5 Å². The Kier molecular flexibility index (Phi) is 4.30. The van der Waals surface area contributed by atoms with Crippen LogP contribution in [0, 0.1) is 10.5 Å². The Labute approximate surface area is 169 Å². The Hall–Kier alpha value is -2.61. The van der Waals surface area contributed by atoms with Gasteiger partial charge in [0.2, 0.25) is 0 Å². The van der Waals surface area contributed by atoms with E-state index in [0.717, 1.165) is 26.1 Å². The third kappa shape index (κ3) is 2.75. The lowest BCUT2D eigenvalue weighted by Crippen LogP contribution is -2.36. The minimum Gasteiger partial charge on any atom is -0.313 e. The molecule has 6 heteroatoms. The predicted octanol–water partition coefficient (Wildman–Crippen LogP) is 3.61. The number of fused-ring (bicyclic) bond motifs is 1. The van der Waals surface area contributed by atoms with Gasteiger partial charge in [-0.25, -0.2) is 4.79 Å². The molecule has 0 fully saturated rings. The highest BCUT2D eigenvalue weighted by Crippen LogP contribution is 2.32. The molecule has 0 radical (unpaired) electrons. The van der Waals surface area contributed by atoms with Gasteiger partial charge in [0.1, 0.15) is 0 Å². The molecule has 0 spiro atoms. The number of aromatic nitrogens is 3. The average molecular weight is 471 g/mol. The van der Waals surface area contributed by atoms with Crippen LogP contribution in [0.25, 0.3) is 27.8 Å². The fourth-order valence-electron chi connectivity index (χ4n) is 3.50. The van der Waals surface area contributed by atoms with Crippen LogP contribution in [0.15, 0.2) is 64.3 Å². The zero-order valence-electron chi connectivity index (χ0n) is 15.2. The van der Waals surface area contributed by atoms with Crippen molar-refractivity contribution in [3.05, 3.63) is 84.7 Å². The normalized spacial score (nSPS) is 11.3. The molecule has 136 valence electrons. The number of aryl methyl sites for hydroxylation is 2. The molecule has 0 aliphatic heterocycles. The lowest BCUT2D eigenvalue weighted by Gasteiger charge is -2.13. The van der Waals surface area contributed by atoms with Crippen LogP contribution in [-0.4, -0.2) is 13.7 Å². The molecule has 2 aromatic carbocycles. The average Bonchev–Trinajstić information content (AvgIpc) is 3.06. The second-order valence-corrected chi connectivity index (χ2v) is 7.86. The molecular formula is C21H18IN3O2. The molecule has 0 unspecified atom stereocenters. The fourth-order valence-corrected chi connectivity index (χ4v) is 4.15. The van der Waals surface area contributed by atoms with Gasteiger partial charge in [0.25, 0.3) is 5.56 Å². The summed E-state index contributed by atoms with van der Waals surface area (Å²) < 4.78 is 5.86. The van der Waals surface area contributed by atoms with E-state index in [2.05, 4.69) is 28.7 Å². The van der Waals surface area contributed by atoms with E-state index in [9.17, 15) is 9.59 Å². The van der Waals surface area contributed by atoms with Crippen LogP contribution in [0.2, 0.25) is 0 Å². The molecule has 0 amide bonds. The van der Waals surface area contributed by atoms with Gasteiger partial charge in [0, 0.05) is 29.5 Å². The van der Waals surface area contributed by atoms with Gasteiger partial charge in [-0.3, -0.25) is 13.9 Å². The maximum absolute atomic E-state index is 13.0. The van der Waals surface area contributed by atoms with E-state index in [-0.39, 0.29) is 11.2 Å². The summed E-state index contributed by atoms with van der Waals surface area (Å²) in [5, 5.41) is 0.545. The molecular weight excluding hydrogens is 453 g/mol. The van der Waals surface area contributed by atoms with Crippen molar-refractivity contribution in [3.8, 4) is 16.9 Å². The SMILES string of the molecule is Cc1cc(I)ccc1-n1cc2c(c1-c1ccccc1)c(=O)n(C)c(=O)n2C. The molecule has 0 bridgehead atoms. The molecule has 0 saturated carbocycles. The molecule has 0 saturated heterocycles. The molecule has 0 atom stereocenters. The first-order valence-corrected chi connectivity index (χ1v) is 9.61. The maximum Gasteiger partial charge on any atom is 0.330 e. The van der Waals surface area contributed by atoms with Crippen molar-refractivity contribution in [1.29, 1.82) is 0 Å². The van der Waals surface area contributed by atoms with E-state index in [1.54, 1.807) is 7.05 Å². The molecule has 0 aliphatic carbocycles. The monoisotopic (exact) mass is 471 g/mol. The summed E-state index contributed by atoms with van der Waals surface area (Å²) in [7, 11) is 3.22. The van der Waals surface area contributed by atoms with E-state index in [0.29, 0.717) is 10.9 Å². The maximum atomic E-state index is 13.0. The number of rotatable bonds is 2. The zero-order chi connectivity index (χ0) is 19.3. The Morgan fingerprint density at radius 2 is 1.63 bits per heavy atom. The Bertz CT molecular complexity index is 1300. The van der Waals surface area contributed by atoms with E-state index in [1.807, 2.05) is 60.2 Å². The van der Waals surface area contributed by atoms with Crippen molar-refractivity contribution in [2.45, 2.75) is 6.92 Å². The van der Waals surface area contributed by atoms with Crippen molar-refractivity contribution < 1.29 is 0 Å². The third-order valence-electron chi connectivity index (χ3n) is 4.90. The molecule has 2 heterocycles. The first kappa shape index (κ1) is 17.8. The molecule has 0 aliphatic rings. The van der Waals surface area contributed by atoms with Crippen LogP contribution in [0.4, 0.5) is 0 Å². The van der Waals surface area contributed by atoms with E-state index in [1.165, 1.54) is 16.2 Å². The largest absolute Gasteiger partial charge is 0.330 e. The first-order chi connectivity index (χ1) is 12.9. The van der Waals surface area contributed by atoms with Crippen LogP contribution in [0.5, 0.6) is 0 Å². The van der Waals surface area contributed by atoms with Gasteiger partial charge < -0.3 is 4.57 Å². The number of halogens is 1. The highest BCUT2D eigenvalue weighted by Gasteiger charge is 2.20. The highest BCUT2D eigenvalue weighted by molar-refractivity contribution is 14.1. The van der Waals surface area contributed by atoms with Gasteiger partial charge in [-0.05, 0) is 58.8 Å². The first-order valence-electron chi connectivity index (χ1n) is 8.53. The minimum atomic E-state index is -0.330. The van der Waals surface area contributed by atoms with E-state index in [4.69, 9.17) is 0 Å². The lowest BCUT2D eigenvalue weighted by molar-refractivity contribution is 0.714. The van der Waals surface area contributed by atoms with Crippen LogP contribution < -0.4 is 11.2 Å². The van der Waals surface area contributed by atoms with Gasteiger partial charge in [-0.2, -0.15) is 0 Å². The van der Waals surface area contributed by atoms with Gasteiger partial charge in [0.05, 0.1) is 16.6 Å². The number of hydrogen-bond donors (Lipinski definition) is 0. The molecule has 2 aromatic heterocycles. The fraction of sp³-hybridized carbons (Fsp3) is 0.143. The topological polar surface area (TPSA) is 48.9 Å². The smallest absolute Gasteiger partial charge is 0.313 e. The van der Waals surface area contributed by atoms with Gasteiger partial charge >= 0.3 is 5.69 Å². The number of benzene rings is 2. The minimum absolute atomic E-state index is 0.283. The quantitative estimate of drug-likeness (QED) is 0.420. The summed E-state index contributed by atoms with van der Waals surface area (Å²) in [4.78, 5) is 25.4.